The number of carbonyl (C=O) groups excluding carboxylic acids is 3. The van der Waals surface area contributed by atoms with Gasteiger partial charge in [0.2, 0.25) is 11.9 Å². The summed E-state index contributed by atoms with van der Waals surface area (Å²) >= 11 is 0. The predicted molar refractivity (Wildman–Crippen MR) is 69.5 cm³/mol. The molecule has 2 atom stereocenters. The Kier molecular flexibility index (Phi) is 4.62. The van der Waals surface area contributed by atoms with Crippen molar-refractivity contribution in [3.63, 3.8) is 0 Å². The highest BCUT2D eigenvalue weighted by Crippen LogP contribution is 2.57. The molecule has 112 valence electrons. The zero-order chi connectivity index (χ0) is 14.7. The molecule has 20 heavy (non-hydrogen) atoms. The van der Waals surface area contributed by atoms with Crippen LogP contribution in [0.3, 0.4) is 0 Å². The van der Waals surface area contributed by atoms with E-state index in [1.807, 2.05) is 0 Å². The fraction of sp³-hybridized carbons (Fsp3) is 0.786. The number of amides is 1. The van der Waals surface area contributed by atoms with Crippen LogP contribution in [-0.4, -0.2) is 37.1 Å². The van der Waals surface area contributed by atoms with Crippen LogP contribution in [0.2, 0.25) is 0 Å². The Hall–Kier alpha value is -1.59. The molecule has 0 aromatic carbocycles. The van der Waals surface area contributed by atoms with E-state index in [2.05, 4.69) is 5.32 Å². The Morgan fingerprint density at radius 2 is 1.55 bits per heavy atom. The zero-order valence-corrected chi connectivity index (χ0v) is 11.9. The van der Waals surface area contributed by atoms with E-state index in [0.717, 1.165) is 19.3 Å². The lowest BCUT2D eigenvalue weighted by Crippen LogP contribution is -2.49. The van der Waals surface area contributed by atoms with Gasteiger partial charge in [-0.1, -0.05) is 6.42 Å². The molecule has 2 unspecified atom stereocenters. The predicted octanol–water partition coefficient (Wildman–Crippen LogP) is 0.643. The van der Waals surface area contributed by atoms with E-state index in [1.165, 1.54) is 0 Å². The summed E-state index contributed by atoms with van der Waals surface area (Å²) in [5.74, 6) is -0.934. The molecule has 2 saturated carbocycles. The number of hydrogen-bond donors (Lipinski definition) is 1. The summed E-state index contributed by atoms with van der Waals surface area (Å²) in [5, 5.41) is 2.49. The fourth-order valence-electron chi connectivity index (χ4n) is 3.11. The molecular formula is C14H21NO5. The molecule has 0 bridgehead atoms. The van der Waals surface area contributed by atoms with Gasteiger partial charge >= 0.3 is 11.9 Å². The van der Waals surface area contributed by atoms with Gasteiger partial charge in [0.25, 0.3) is 0 Å². The SMILES string of the molecule is CCOC(=O)C(NC(=O)C1C2CCCC21)C(=O)OCC. The van der Waals surface area contributed by atoms with Crippen LogP contribution in [0.5, 0.6) is 0 Å². The van der Waals surface area contributed by atoms with Gasteiger partial charge in [0.1, 0.15) is 0 Å². The van der Waals surface area contributed by atoms with Crippen molar-refractivity contribution in [3.05, 3.63) is 0 Å². The second kappa shape index (κ2) is 6.24. The van der Waals surface area contributed by atoms with Crippen LogP contribution in [-0.2, 0) is 23.9 Å². The molecule has 2 rings (SSSR count). The van der Waals surface area contributed by atoms with Gasteiger partial charge in [-0.3, -0.25) is 4.79 Å². The molecule has 2 fully saturated rings. The van der Waals surface area contributed by atoms with Crippen molar-refractivity contribution >= 4 is 17.8 Å². The number of carbonyl (C=O) groups is 3. The summed E-state index contributed by atoms with van der Waals surface area (Å²) in [6.07, 6.45) is 3.29. The molecule has 1 amide bonds. The maximum atomic E-state index is 12.1. The van der Waals surface area contributed by atoms with Crippen molar-refractivity contribution in [1.82, 2.24) is 5.32 Å². The molecule has 2 aliphatic carbocycles. The Morgan fingerprint density at radius 3 is 2.00 bits per heavy atom. The maximum absolute atomic E-state index is 12.1. The highest BCUT2D eigenvalue weighted by Gasteiger charge is 2.57. The maximum Gasteiger partial charge on any atom is 0.340 e. The lowest BCUT2D eigenvalue weighted by Gasteiger charge is -2.16. The smallest absolute Gasteiger partial charge is 0.340 e. The van der Waals surface area contributed by atoms with Gasteiger partial charge in [0.05, 0.1) is 13.2 Å². The summed E-state index contributed by atoms with van der Waals surface area (Å²) in [4.78, 5) is 35.6. The van der Waals surface area contributed by atoms with E-state index < -0.39 is 18.0 Å². The van der Waals surface area contributed by atoms with Crippen molar-refractivity contribution in [1.29, 1.82) is 0 Å². The lowest BCUT2D eigenvalue weighted by atomic mass is 10.1. The molecule has 0 heterocycles. The summed E-state index contributed by atoms with van der Waals surface area (Å²) in [5.41, 5.74) is 0. The average molecular weight is 283 g/mol. The standard InChI is InChI=1S/C14H21NO5/c1-3-19-13(17)11(14(18)20-4-2)15-12(16)10-8-6-5-7-9(8)10/h8-11H,3-7H2,1-2H3,(H,15,16). The Morgan fingerprint density at radius 1 is 1.05 bits per heavy atom. The van der Waals surface area contributed by atoms with Gasteiger partial charge < -0.3 is 14.8 Å². The molecule has 0 radical (unpaired) electrons. The monoisotopic (exact) mass is 283 g/mol. The first kappa shape index (κ1) is 14.8. The number of hydrogen-bond acceptors (Lipinski definition) is 5. The molecule has 2 aliphatic rings. The minimum Gasteiger partial charge on any atom is -0.464 e. The molecule has 6 nitrogen and oxygen atoms in total. The van der Waals surface area contributed by atoms with E-state index >= 15 is 0 Å². The Labute approximate surface area is 118 Å². The van der Waals surface area contributed by atoms with Gasteiger partial charge in [-0.15, -0.1) is 0 Å². The Bertz CT molecular complexity index is 380. The molecule has 1 N–H and O–H groups in total. The normalized spacial score (nSPS) is 26.9. The van der Waals surface area contributed by atoms with E-state index in [0.29, 0.717) is 11.8 Å². The van der Waals surface area contributed by atoms with Crippen molar-refractivity contribution in [2.24, 2.45) is 17.8 Å². The summed E-state index contributed by atoms with van der Waals surface area (Å²) in [6, 6.07) is -1.34. The third-order valence-electron chi connectivity index (χ3n) is 4.04. The van der Waals surface area contributed by atoms with Crippen LogP contribution in [0.1, 0.15) is 33.1 Å². The topological polar surface area (TPSA) is 81.7 Å². The minimum atomic E-state index is -1.34. The second-order valence-corrected chi connectivity index (χ2v) is 5.23. The van der Waals surface area contributed by atoms with Crippen molar-refractivity contribution in [2.75, 3.05) is 13.2 Å². The molecule has 0 aliphatic heterocycles. The fourth-order valence-corrected chi connectivity index (χ4v) is 3.11. The molecule has 6 heteroatoms. The first-order valence-corrected chi connectivity index (χ1v) is 7.23. The van der Waals surface area contributed by atoms with Gasteiger partial charge in [-0.2, -0.15) is 0 Å². The van der Waals surface area contributed by atoms with Crippen LogP contribution in [0.25, 0.3) is 0 Å². The molecule has 0 aromatic rings. The minimum absolute atomic E-state index is 0.0462. The van der Waals surface area contributed by atoms with Gasteiger partial charge in [-0.25, -0.2) is 9.59 Å². The summed E-state index contributed by atoms with van der Waals surface area (Å²) < 4.78 is 9.62. The van der Waals surface area contributed by atoms with Crippen LogP contribution in [0, 0.1) is 17.8 Å². The van der Waals surface area contributed by atoms with Crippen LogP contribution >= 0.6 is 0 Å². The first-order chi connectivity index (χ1) is 9.60. The number of fused-ring (bicyclic) bond motifs is 1. The highest BCUT2D eigenvalue weighted by atomic mass is 16.6. The number of esters is 2. The largest absolute Gasteiger partial charge is 0.464 e. The van der Waals surface area contributed by atoms with Crippen molar-refractivity contribution in [3.8, 4) is 0 Å². The second-order valence-electron chi connectivity index (χ2n) is 5.23. The van der Waals surface area contributed by atoms with E-state index in [4.69, 9.17) is 9.47 Å². The number of nitrogens with one attached hydrogen (secondary N) is 1. The van der Waals surface area contributed by atoms with Crippen LogP contribution in [0.15, 0.2) is 0 Å². The quantitative estimate of drug-likeness (QED) is 0.571. The molecule has 0 saturated heterocycles. The van der Waals surface area contributed by atoms with Crippen molar-refractivity contribution in [2.45, 2.75) is 39.2 Å². The number of rotatable bonds is 6. The third kappa shape index (κ3) is 2.94. The van der Waals surface area contributed by atoms with Gasteiger partial charge in [0, 0.05) is 5.92 Å². The average Bonchev–Trinajstić information content (AvgIpc) is 2.89. The molecular weight excluding hydrogens is 262 g/mol. The van der Waals surface area contributed by atoms with Crippen LogP contribution < -0.4 is 5.32 Å². The van der Waals surface area contributed by atoms with E-state index in [9.17, 15) is 14.4 Å². The Balaban J connectivity index is 1.94. The highest BCUT2D eigenvalue weighted by molar-refractivity contribution is 6.03. The van der Waals surface area contributed by atoms with E-state index in [1.54, 1.807) is 13.8 Å². The zero-order valence-electron chi connectivity index (χ0n) is 11.9. The summed E-state index contributed by atoms with van der Waals surface area (Å²) in [6.45, 7) is 3.60. The van der Waals surface area contributed by atoms with Crippen molar-refractivity contribution < 1.29 is 23.9 Å². The van der Waals surface area contributed by atoms with E-state index in [-0.39, 0.29) is 25.0 Å². The third-order valence-corrected chi connectivity index (χ3v) is 4.04. The van der Waals surface area contributed by atoms with Gasteiger partial charge in [-0.05, 0) is 38.5 Å². The first-order valence-electron chi connectivity index (χ1n) is 7.23. The summed E-state index contributed by atoms with van der Waals surface area (Å²) in [7, 11) is 0. The number of ether oxygens (including phenoxy) is 2. The van der Waals surface area contributed by atoms with Crippen LogP contribution in [0.4, 0.5) is 0 Å². The molecule has 0 spiro atoms. The van der Waals surface area contributed by atoms with Gasteiger partial charge in [0.15, 0.2) is 0 Å². The molecule has 0 aromatic heterocycles. The lowest BCUT2D eigenvalue weighted by molar-refractivity contribution is -0.159.